The molecule has 0 heterocycles. The van der Waals surface area contributed by atoms with Crippen molar-refractivity contribution >= 4 is 0 Å². The lowest BCUT2D eigenvalue weighted by molar-refractivity contribution is -0.186. The van der Waals surface area contributed by atoms with Crippen molar-refractivity contribution in [2.45, 2.75) is 57.2 Å². The summed E-state index contributed by atoms with van der Waals surface area (Å²) in [5.74, 6) is -3.46. The Hall–Kier alpha value is -2.25. The van der Waals surface area contributed by atoms with Crippen molar-refractivity contribution < 1.29 is 35.5 Å². The topological polar surface area (TPSA) is 9.23 Å². The van der Waals surface area contributed by atoms with Crippen LogP contribution in [-0.2, 0) is 12.3 Å². The highest BCUT2D eigenvalue weighted by Gasteiger charge is 2.42. The molecule has 1 aliphatic carbocycles. The van der Waals surface area contributed by atoms with E-state index in [1.54, 1.807) is 12.1 Å². The summed E-state index contributed by atoms with van der Waals surface area (Å²) < 4.78 is 98.3. The molecule has 3 rings (SSSR count). The lowest BCUT2D eigenvalue weighted by Crippen LogP contribution is -2.23. The molecule has 1 fully saturated rings. The summed E-state index contributed by atoms with van der Waals surface area (Å²) in [5.41, 5.74) is -2.57. The third kappa shape index (κ3) is 4.90. The molecule has 0 bridgehead atoms. The van der Waals surface area contributed by atoms with Crippen LogP contribution in [0.3, 0.4) is 0 Å². The van der Waals surface area contributed by atoms with Gasteiger partial charge in [-0.1, -0.05) is 25.5 Å². The zero-order chi connectivity index (χ0) is 22.1. The molecule has 1 nitrogen and oxygen atoms in total. The van der Waals surface area contributed by atoms with Gasteiger partial charge in [0.2, 0.25) is 0 Å². The van der Waals surface area contributed by atoms with E-state index in [-0.39, 0.29) is 17.9 Å². The number of hydrogen-bond donors (Lipinski definition) is 0. The third-order valence-electron chi connectivity index (χ3n) is 5.68. The van der Waals surface area contributed by atoms with Crippen molar-refractivity contribution in [1.29, 1.82) is 0 Å². The van der Waals surface area contributed by atoms with Gasteiger partial charge in [-0.15, -0.1) is 0 Å². The quantitative estimate of drug-likeness (QED) is 0.437. The molecule has 0 saturated heterocycles. The van der Waals surface area contributed by atoms with Crippen LogP contribution < -0.4 is 4.74 Å². The number of alkyl halides is 5. The molecule has 0 spiro atoms. The predicted molar refractivity (Wildman–Crippen MR) is 97.3 cm³/mol. The Morgan fingerprint density at radius 3 is 1.87 bits per heavy atom. The highest BCUT2D eigenvalue weighted by atomic mass is 19.4. The SMILES string of the molecule is CCC1CCC(c2ccc(OC(F)(F)c3cc(F)c(C(F)(F)F)c(F)c3)cc2)CC1. The molecule has 0 atom stereocenters. The van der Waals surface area contributed by atoms with Gasteiger partial charge in [-0.3, -0.25) is 0 Å². The fraction of sp³-hybridized carbons (Fsp3) is 0.455. The molecule has 8 heteroatoms. The molecule has 2 aromatic rings. The van der Waals surface area contributed by atoms with Crippen LogP contribution in [0.4, 0.5) is 30.7 Å². The normalized spacial score (nSPS) is 20.3. The Bertz CT molecular complexity index is 843. The first-order chi connectivity index (χ1) is 14.0. The molecular weight excluding hydrogens is 413 g/mol. The molecule has 30 heavy (non-hydrogen) atoms. The van der Waals surface area contributed by atoms with Crippen molar-refractivity contribution in [3.63, 3.8) is 0 Å². The zero-order valence-electron chi connectivity index (χ0n) is 16.2. The molecule has 164 valence electrons. The van der Waals surface area contributed by atoms with Gasteiger partial charge < -0.3 is 4.74 Å². The van der Waals surface area contributed by atoms with Gasteiger partial charge in [0, 0.05) is 0 Å². The minimum atomic E-state index is -5.34. The molecule has 0 amide bonds. The largest absolute Gasteiger partial charge is 0.429 e. The van der Waals surface area contributed by atoms with Crippen LogP contribution >= 0.6 is 0 Å². The molecule has 0 N–H and O–H groups in total. The number of ether oxygens (including phenoxy) is 1. The second kappa shape index (κ2) is 8.47. The fourth-order valence-corrected chi connectivity index (χ4v) is 3.93. The summed E-state index contributed by atoms with van der Waals surface area (Å²) in [6, 6.07) is 5.85. The zero-order valence-corrected chi connectivity index (χ0v) is 16.2. The molecule has 0 unspecified atom stereocenters. The minimum absolute atomic E-state index is 0.0630. The van der Waals surface area contributed by atoms with Gasteiger partial charge in [-0.2, -0.15) is 22.0 Å². The van der Waals surface area contributed by atoms with Gasteiger partial charge in [0.1, 0.15) is 22.9 Å². The Morgan fingerprint density at radius 1 is 0.867 bits per heavy atom. The first-order valence-electron chi connectivity index (χ1n) is 9.74. The number of halogens is 7. The highest BCUT2D eigenvalue weighted by Crippen LogP contribution is 2.40. The number of hydrogen-bond acceptors (Lipinski definition) is 1. The number of rotatable bonds is 5. The summed E-state index contributed by atoms with van der Waals surface area (Å²) in [6.07, 6.45) is -4.16. The van der Waals surface area contributed by atoms with Gasteiger partial charge in [-0.05, 0) is 67.3 Å². The van der Waals surface area contributed by atoms with Gasteiger partial charge in [0.05, 0.1) is 5.56 Å². The summed E-state index contributed by atoms with van der Waals surface area (Å²) in [7, 11) is 0. The van der Waals surface area contributed by atoms with Crippen molar-refractivity contribution in [3.05, 3.63) is 64.7 Å². The summed E-state index contributed by atoms with van der Waals surface area (Å²) in [5, 5.41) is 0. The molecule has 1 aliphatic rings. The van der Waals surface area contributed by atoms with Crippen LogP contribution in [0.25, 0.3) is 0 Å². The average Bonchev–Trinajstić information content (AvgIpc) is 2.67. The van der Waals surface area contributed by atoms with Crippen LogP contribution in [0.1, 0.15) is 61.6 Å². The van der Waals surface area contributed by atoms with E-state index in [2.05, 4.69) is 11.7 Å². The predicted octanol–water partition coefficient (Wildman–Crippen LogP) is 7.80. The fourth-order valence-electron chi connectivity index (χ4n) is 3.93. The van der Waals surface area contributed by atoms with Crippen LogP contribution in [0, 0.1) is 17.6 Å². The maximum absolute atomic E-state index is 14.3. The van der Waals surface area contributed by atoms with Crippen molar-refractivity contribution in [1.82, 2.24) is 0 Å². The van der Waals surface area contributed by atoms with Crippen LogP contribution in [0.2, 0.25) is 0 Å². The minimum Gasteiger partial charge on any atom is -0.429 e. The number of benzene rings is 2. The lowest BCUT2D eigenvalue weighted by Gasteiger charge is -2.28. The summed E-state index contributed by atoms with van der Waals surface area (Å²) in [6.45, 7) is 2.16. The second-order valence-electron chi connectivity index (χ2n) is 7.63. The van der Waals surface area contributed by atoms with Crippen molar-refractivity contribution in [2.75, 3.05) is 0 Å². The van der Waals surface area contributed by atoms with Crippen LogP contribution in [0.15, 0.2) is 36.4 Å². The van der Waals surface area contributed by atoms with E-state index in [9.17, 15) is 30.7 Å². The molecule has 1 saturated carbocycles. The first-order valence-corrected chi connectivity index (χ1v) is 9.74. The van der Waals surface area contributed by atoms with E-state index in [0.29, 0.717) is 11.8 Å². The lowest BCUT2D eigenvalue weighted by atomic mass is 9.78. The molecular formula is C22H21F7O. The first kappa shape index (κ1) is 22.4. The molecule has 0 radical (unpaired) electrons. The van der Waals surface area contributed by atoms with E-state index < -0.39 is 35.0 Å². The third-order valence-corrected chi connectivity index (χ3v) is 5.68. The molecule has 2 aromatic carbocycles. The van der Waals surface area contributed by atoms with Gasteiger partial charge in [0.25, 0.3) is 0 Å². The van der Waals surface area contributed by atoms with Crippen LogP contribution in [0.5, 0.6) is 5.75 Å². The van der Waals surface area contributed by atoms with Crippen molar-refractivity contribution in [2.24, 2.45) is 5.92 Å². The Kier molecular flexibility index (Phi) is 6.34. The van der Waals surface area contributed by atoms with Crippen LogP contribution in [-0.4, -0.2) is 0 Å². The van der Waals surface area contributed by atoms with Crippen molar-refractivity contribution in [3.8, 4) is 5.75 Å². The maximum Gasteiger partial charge on any atom is 0.426 e. The van der Waals surface area contributed by atoms with E-state index in [0.717, 1.165) is 37.7 Å². The van der Waals surface area contributed by atoms with Gasteiger partial charge in [-0.25, -0.2) is 8.78 Å². The van der Waals surface area contributed by atoms with E-state index in [1.807, 2.05) is 0 Å². The molecule has 0 aliphatic heterocycles. The Balaban J connectivity index is 1.74. The highest BCUT2D eigenvalue weighted by molar-refractivity contribution is 5.33. The average molecular weight is 434 g/mol. The second-order valence-corrected chi connectivity index (χ2v) is 7.63. The summed E-state index contributed by atoms with van der Waals surface area (Å²) in [4.78, 5) is 0. The van der Waals surface area contributed by atoms with E-state index in [4.69, 9.17) is 0 Å². The molecule has 0 aromatic heterocycles. The van der Waals surface area contributed by atoms with Gasteiger partial charge in [0.15, 0.2) is 0 Å². The Labute approximate surface area is 169 Å². The smallest absolute Gasteiger partial charge is 0.426 e. The summed E-state index contributed by atoms with van der Waals surface area (Å²) >= 11 is 0. The maximum atomic E-state index is 14.3. The van der Waals surface area contributed by atoms with E-state index in [1.165, 1.54) is 12.1 Å². The van der Waals surface area contributed by atoms with E-state index >= 15 is 0 Å². The standard InChI is InChI=1S/C22H21F7O/c1-2-13-3-5-14(6-4-13)15-7-9-17(10-8-15)30-22(28,29)16-11-18(23)20(19(24)12-16)21(25,26)27/h7-14H,2-6H2,1H3. The monoisotopic (exact) mass is 434 g/mol. The van der Waals surface area contributed by atoms with Gasteiger partial charge >= 0.3 is 12.3 Å². The Morgan fingerprint density at radius 2 is 1.40 bits per heavy atom.